The lowest BCUT2D eigenvalue weighted by Crippen LogP contribution is -2.63. The summed E-state index contributed by atoms with van der Waals surface area (Å²) >= 11 is 0. The number of aryl methyl sites for hydroxylation is 1. The van der Waals surface area contributed by atoms with Crippen molar-refractivity contribution in [1.29, 1.82) is 0 Å². The molecule has 5 atom stereocenters. The Morgan fingerprint density at radius 3 is 2.30 bits per heavy atom. The number of carbonyl (C=O) groups excluding carboxylic acids is 2. The van der Waals surface area contributed by atoms with Gasteiger partial charge in [-0.2, -0.15) is 0 Å². The molecular formula is C20H26N2O5. The minimum atomic E-state index is -1.93. The van der Waals surface area contributed by atoms with Gasteiger partial charge in [-0.25, -0.2) is 0 Å². The lowest BCUT2D eigenvalue weighted by Gasteiger charge is -2.36. The van der Waals surface area contributed by atoms with Crippen LogP contribution in [-0.2, 0) is 14.4 Å². The van der Waals surface area contributed by atoms with Gasteiger partial charge in [0.05, 0.1) is 17.9 Å². The molecule has 0 radical (unpaired) electrons. The Hall–Kier alpha value is -2.25. The number of aliphatic hydroxyl groups is 1. The number of carboxylic acid groups (broad SMARTS) is 1. The summed E-state index contributed by atoms with van der Waals surface area (Å²) in [6.07, 6.45) is -1.37. The lowest BCUT2D eigenvalue weighted by molar-refractivity contribution is -0.158. The third-order valence-corrected chi connectivity index (χ3v) is 5.80. The summed E-state index contributed by atoms with van der Waals surface area (Å²) in [5.74, 6) is -4.35. The molecule has 2 fully saturated rings. The van der Waals surface area contributed by atoms with Crippen LogP contribution in [0.15, 0.2) is 24.3 Å². The molecule has 0 saturated carbocycles. The van der Waals surface area contributed by atoms with Gasteiger partial charge >= 0.3 is 5.97 Å². The second-order valence-corrected chi connectivity index (χ2v) is 8.51. The second kappa shape index (κ2) is 6.14. The van der Waals surface area contributed by atoms with Crippen LogP contribution in [0, 0.1) is 18.8 Å². The van der Waals surface area contributed by atoms with Gasteiger partial charge in [-0.1, -0.05) is 24.3 Å². The molecule has 3 rings (SSSR count). The predicted molar refractivity (Wildman–Crippen MR) is 97.7 cm³/mol. The maximum absolute atomic E-state index is 13.3. The third kappa shape index (κ3) is 2.60. The van der Waals surface area contributed by atoms with Crippen LogP contribution < -0.4 is 5.32 Å². The summed E-state index contributed by atoms with van der Waals surface area (Å²) in [5, 5.41) is 23.4. The Kier molecular flexibility index (Phi) is 4.44. The van der Waals surface area contributed by atoms with Gasteiger partial charge in [0.25, 0.3) is 0 Å². The van der Waals surface area contributed by atoms with Crippen LogP contribution in [0.5, 0.6) is 0 Å². The van der Waals surface area contributed by atoms with Gasteiger partial charge in [-0.05, 0) is 45.7 Å². The molecule has 0 aliphatic carbocycles. The average molecular weight is 374 g/mol. The Morgan fingerprint density at radius 1 is 1.22 bits per heavy atom. The average Bonchev–Trinajstić information content (AvgIpc) is 3.03. The number of carboxylic acids is 1. The van der Waals surface area contributed by atoms with Crippen LogP contribution in [0.2, 0.25) is 0 Å². The molecule has 2 aliphatic rings. The Labute approximate surface area is 158 Å². The number of hydrogen-bond acceptors (Lipinski definition) is 5. The van der Waals surface area contributed by atoms with Crippen molar-refractivity contribution in [1.82, 2.24) is 10.2 Å². The molecule has 2 aliphatic heterocycles. The monoisotopic (exact) mass is 374 g/mol. The van der Waals surface area contributed by atoms with Gasteiger partial charge in [0.1, 0.15) is 0 Å². The van der Waals surface area contributed by atoms with Gasteiger partial charge in [0.2, 0.25) is 11.8 Å². The number of aliphatic hydroxyl groups excluding tert-OH is 1. The zero-order valence-corrected chi connectivity index (χ0v) is 16.2. The smallest absolute Gasteiger partial charge is 0.327 e. The van der Waals surface area contributed by atoms with Gasteiger partial charge in [0.15, 0.2) is 5.54 Å². The number of imide groups is 1. The van der Waals surface area contributed by atoms with E-state index >= 15 is 0 Å². The van der Waals surface area contributed by atoms with E-state index in [2.05, 4.69) is 5.32 Å². The van der Waals surface area contributed by atoms with Gasteiger partial charge in [-0.3, -0.25) is 24.6 Å². The zero-order valence-electron chi connectivity index (χ0n) is 16.2. The number of carbonyl (C=O) groups is 3. The fourth-order valence-electron chi connectivity index (χ4n) is 4.56. The van der Waals surface area contributed by atoms with E-state index in [1.807, 2.05) is 31.2 Å². The SMILES string of the molecule is Cc1ccccc1C1NC(C(=O)O)(C(C)O)C2C(=O)N(C(C)(C)C)C(=O)C12. The summed E-state index contributed by atoms with van der Waals surface area (Å²) in [4.78, 5) is 39.9. The van der Waals surface area contributed by atoms with Crippen molar-refractivity contribution < 1.29 is 24.6 Å². The Bertz CT molecular complexity index is 813. The van der Waals surface area contributed by atoms with Crippen molar-refractivity contribution in [3.05, 3.63) is 35.4 Å². The van der Waals surface area contributed by atoms with Crippen LogP contribution >= 0.6 is 0 Å². The number of likely N-dealkylation sites (tertiary alicyclic amines) is 1. The normalized spacial score (nSPS) is 31.9. The summed E-state index contributed by atoms with van der Waals surface area (Å²) < 4.78 is 0. The number of amides is 2. The molecule has 2 heterocycles. The number of nitrogens with one attached hydrogen (secondary N) is 1. The molecule has 2 saturated heterocycles. The van der Waals surface area contributed by atoms with Crippen LogP contribution in [0.25, 0.3) is 0 Å². The molecule has 7 heteroatoms. The molecule has 7 nitrogen and oxygen atoms in total. The molecule has 3 N–H and O–H groups in total. The third-order valence-electron chi connectivity index (χ3n) is 5.80. The van der Waals surface area contributed by atoms with Crippen LogP contribution in [-0.4, -0.2) is 50.1 Å². The Morgan fingerprint density at radius 2 is 1.81 bits per heavy atom. The van der Waals surface area contributed by atoms with E-state index in [9.17, 15) is 24.6 Å². The van der Waals surface area contributed by atoms with Gasteiger partial charge in [0, 0.05) is 11.6 Å². The van der Waals surface area contributed by atoms with E-state index in [4.69, 9.17) is 0 Å². The van der Waals surface area contributed by atoms with Crippen LogP contribution in [0.4, 0.5) is 0 Å². The summed E-state index contributed by atoms with van der Waals surface area (Å²) in [6, 6.07) is 6.68. The zero-order chi connectivity index (χ0) is 20.3. The molecule has 27 heavy (non-hydrogen) atoms. The van der Waals surface area contributed by atoms with Gasteiger partial charge in [-0.15, -0.1) is 0 Å². The first-order valence-corrected chi connectivity index (χ1v) is 9.07. The fourth-order valence-corrected chi connectivity index (χ4v) is 4.56. The minimum absolute atomic E-state index is 0.401. The quantitative estimate of drug-likeness (QED) is 0.688. The maximum atomic E-state index is 13.3. The highest BCUT2D eigenvalue weighted by Gasteiger charge is 2.71. The van der Waals surface area contributed by atoms with Crippen LogP contribution in [0.3, 0.4) is 0 Å². The van der Waals surface area contributed by atoms with Crippen molar-refractivity contribution in [2.45, 2.75) is 57.8 Å². The van der Waals surface area contributed by atoms with Crippen molar-refractivity contribution in [3.63, 3.8) is 0 Å². The lowest BCUT2D eigenvalue weighted by atomic mass is 9.76. The molecule has 1 aromatic rings. The second-order valence-electron chi connectivity index (χ2n) is 8.51. The first kappa shape index (κ1) is 19.5. The standard InChI is InChI=1S/C20H26N2O5/c1-10-8-6-7-9-12(10)15-13-14(20(21-15,11(2)23)18(26)27)17(25)22(16(13)24)19(3,4)5/h6-9,11,13-15,21,23H,1-5H3,(H,26,27). The van der Waals surface area contributed by atoms with Gasteiger partial charge < -0.3 is 10.2 Å². The molecule has 1 aromatic carbocycles. The van der Waals surface area contributed by atoms with E-state index in [1.54, 1.807) is 20.8 Å². The summed E-state index contributed by atoms with van der Waals surface area (Å²) in [6.45, 7) is 8.44. The number of fused-ring (bicyclic) bond motifs is 1. The number of nitrogens with zero attached hydrogens (tertiary/aromatic N) is 1. The maximum Gasteiger partial charge on any atom is 0.327 e. The summed E-state index contributed by atoms with van der Waals surface area (Å²) in [7, 11) is 0. The first-order chi connectivity index (χ1) is 12.4. The molecule has 0 spiro atoms. The topological polar surface area (TPSA) is 107 Å². The van der Waals surface area contributed by atoms with E-state index < -0.39 is 52.8 Å². The fraction of sp³-hybridized carbons (Fsp3) is 0.550. The van der Waals surface area contributed by atoms with Crippen molar-refractivity contribution in [2.75, 3.05) is 0 Å². The van der Waals surface area contributed by atoms with E-state index in [0.29, 0.717) is 0 Å². The molecule has 146 valence electrons. The number of hydrogen-bond donors (Lipinski definition) is 3. The van der Waals surface area contributed by atoms with Crippen molar-refractivity contribution in [2.24, 2.45) is 11.8 Å². The predicted octanol–water partition coefficient (Wildman–Crippen LogP) is 1.24. The number of aliphatic carboxylic acids is 1. The first-order valence-electron chi connectivity index (χ1n) is 9.07. The molecule has 5 unspecified atom stereocenters. The molecule has 2 amide bonds. The largest absolute Gasteiger partial charge is 0.480 e. The number of benzene rings is 1. The molecular weight excluding hydrogens is 348 g/mol. The van der Waals surface area contributed by atoms with E-state index in [0.717, 1.165) is 16.0 Å². The van der Waals surface area contributed by atoms with E-state index in [1.165, 1.54) is 6.92 Å². The highest BCUT2D eigenvalue weighted by atomic mass is 16.4. The Balaban J connectivity index is 2.23. The molecule has 0 bridgehead atoms. The minimum Gasteiger partial charge on any atom is -0.480 e. The number of rotatable bonds is 3. The highest BCUT2D eigenvalue weighted by molar-refractivity contribution is 6.10. The van der Waals surface area contributed by atoms with Crippen LogP contribution in [0.1, 0.15) is 44.9 Å². The van der Waals surface area contributed by atoms with Crippen molar-refractivity contribution in [3.8, 4) is 0 Å². The van der Waals surface area contributed by atoms with E-state index in [-0.39, 0.29) is 0 Å². The van der Waals surface area contributed by atoms with Crippen molar-refractivity contribution >= 4 is 17.8 Å². The highest BCUT2D eigenvalue weighted by Crippen LogP contribution is 2.51. The molecule has 0 aromatic heterocycles. The summed E-state index contributed by atoms with van der Waals surface area (Å²) in [5.41, 5.74) is -1.06.